The Balaban J connectivity index is 3.61. The lowest BCUT2D eigenvalue weighted by atomic mass is 9.95. The first-order valence-corrected chi connectivity index (χ1v) is 4.37. The number of carbonyl (C=O) groups excluding carboxylic acids is 1. The second-order valence-corrected chi connectivity index (χ2v) is 3.48. The Kier molecular flexibility index (Phi) is 4.92. The minimum absolute atomic E-state index is 0.0948. The van der Waals surface area contributed by atoms with Gasteiger partial charge in [-0.15, -0.1) is 0 Å². The van der Waals surface area contributed by atoms with Gasteiger partial charge in [-0.25, -0.2) is 0 Å². The van der Waals surface area contributed by atoms with Gasteiger partial charge in [0.25, 0.3) is 0 Å². The van der Waals surface area contributed by atoms with E-state index in [0.717, 1.165) is 19.3 Å². The van der Waals surface area contributed by atoms with Gasteiger partial charge in [0.2, 0.25) is 5.91 Å². The maximum absolute atomic E-state index is 10.8. The average Bonchev–Trinajstić information content (AvgIpc) is 1.87. The molecule has 0 radical (unpaired) electrons. The molecular weight excluding hydrogens is 138 g/mol. The van der Waals surface area contributed by atoms with Gasteiger partial charge in [0.1, 0.15) is 0 Å². The lowest BCUT2D eigenvalue weighted by Gasteiger charge is -2.11. The predicted molar refractivity (Wildman–Crippen MR) is 47.0 cm³/mol. The van der Waals surface area contributed by atoms with E-state index in [4.69, 9.17) is 5.73 Å². The summed E-state index contributed by atoms with van der Waals surface area (Å²) in [4.78, 5) is 10.8. The third-order valence-corrected chi connectivity index (χ3v) is 1.99. The number of amides is 1. The van der Waals surface area contributed by atoms with Crippen LogP contribution in [0.25, 0.3) is 0 Å². The van der Waals surface area contributed by atoms with E-state index in [-0.39, 0.29) is 11.8 Å². The van der Waals surface area contributed by atoms with Crippen molar-refractivity contribution in [3.8, 4) is 0 Å². The van der Waals surface area contributed by atoms with Crippen LogP contribution < -0.4 is 5.73 Å². The van der Waals surface area contributed by atoms with E-state index < -0.39 is 0 Å². The lowest BCUT2D eigenvalue weighted by molar-refractivity contribution is -0.122. The van der Waals surface area contributed by atoms with Crippen LogP contribution >= 0.6 is 0 Å². The smallest absolute Gasteiger partial charge is 0.220 e. The molecule has 0 aliphatic carbocycles. The van der Waals surface area contributed by atoms with Crippen molar-refractivity contribution in [2.45, 2.75) is 40.0 Å². The fourth-order valence-electron chi connectivity index (χ4n) is 1.08. The predicted octanol–water partition coefficient (Wildman–Crippen LogP) is 1.93. The summed E-state index contributed by atoms with van der Waals surface area (Å²) in [5.74, 6) is 0.619. The molecule has 0 heterocycles. The summed E-state index contributed by atoms with van der Waals surface area (Å²) in [6.45, 7) is 6.33. The van der Waals surface area contributed by atoms with Crippen molar-refractivity contribution < 1.29 is 4.79 Å². The number of rotatable bonds is 5. The summed E-state index contributed by atoms with van der Waals surface area (Å²) in [5.41, 5.74) is 5.19. The third kappa shape index (κ3) is 4.82. The van der Waals surface area contributed by atoms with Crippen LogP contribution in [-0.2, 0) is 4.79 Å². The Morgan fingerprint density at radius 3 is 2.18 bits per heavy atom. The van der Waals surface area contributed by atoms with Crippen LogP contribution in [0.1, 0.15) is 40.0 Å². The number of hydrogen-bond donors (Lipinski definition) is 1. The minimum atomic E-state index is -0.145. The van der Waals surface area contributed by atoms with Crippen LogP contribution in [0, 0.1) is 11.8 Å². The summed E-state index contributed by atoms with van der Waals surface area (Å²) in [7, 11) is 0. The Morgan fingerprint density at radius 2 is 1.91 bits per heavy atom. The van der Waals surface area contributed by atoms with Crippen LogP contribution in [0.3, 0.4) is 0 Å². The Morgan fingerprint density at radius 1 is 1.36 bits per heavy atom. The molecule has 0 saturated carbocycles. The molecule has 0 saturated heterocycles. The molecule has 66 valence electrons. The molecule has 0 aromatic heterocycles. The molecule has 1 atom stereocenters. The van der Waals surface area contributed by atoms with Crippen molar-refractivity contribution in [3.05, 3.63) is 0 Å². The van der Waals surface area contributed by atoms with Gasteiger partial charge in [0, 0.05) is 5.92 Å². The number of primary amides is 1. The molecule has 2 heteroatoms. The highest BCUT2D eigenvalue weighted by atomic mass is 16.1. The second kappa shape index (κ2) is 5.16. The number of carbonyl (C=O) groups is 1. The lowest BCUT2D eigenvalue weighted by Crippen LogP contribution is -2.22. The molecule has 2 nitrogen and oxygen atoms in total. The van der Waals surface area contributed by atoms with E-state index in [1.165, 1.54) is 0 Å². The molecule has 2 N–H and O–H groups in total. The summed E-state index contributed by atoms with van der Waals surface area (Å²) in [6, 6.07) is 0. The normalized spacial score (nSPS) is 13.5. The monoisotopic (exact) mass is 157 g/mol. The molecule has 0 fully saturated rings. The summed E-state index contributed by atoms with van der Waals surface area (Å²) in [5, 5.41) is 0. The fourth-order valence-corrected chi connectivity index (χ4v) is 1.08. The molecule has 0 aliphatic heterocycles. The van der Waals surface area contributed by atoms with Gasteiger partial charge in [-0.05, 0) is 18.8 Å². The van der Waals surface area contributed by atoms with Gasteiger partial charge in [0.15, 0.2) is 0 Å². The topological polar surface area (TPSA) is 43.1 Å². The maximum Gasteiger partial charge on any atom is 0.220 e. The van der Waals surface area contributed by atoms with Crippen molar-refractivity contribution in [1.82, 2.24) is 0 Å². The first kappa shape index (κ1) is 10.5. The van der Waals surface area contributed by atoms with Crippen LogP contribution in [-0.4, -0.2) is 5.91 Å². The highest BCUT2D eigenvalue weighted by molar-refractivity contribution is 5.76. The first-order valence-electron chi connectivity index (χ1n) is 4.37. The molecule has 11 heavy (non-hydrogen) atoms. The maximum atomic E-state index is 10.8. The molecule has 0 aliphatic rings. The van der Waals surface area contributed by atoms with Crippen molar-refractivity contribution in [2.24, 2.45) is 17.6 Å². The largest absolute Gasteiger partial charge is 0.369 e. The Hall–Kier alpha value is -0.530. The first-order chi connectivity index (χ1) is 5.07. The molecule has 0 spiro atoms. The van der Waals surface area contributed by atoms with Crippen molar-refractivity contribution in [2.75, 3.05) is 0 Å². The van der Waals surface area contributed by atoms with Crippen LogP contribution in [0.4, 0.5) is 0 Å². The van der Waals surface area contributed by atoms with Crippen LogP contribution in [0.5, 0.6) is 0 Å². The summed E-state index contributed by atoms with van der Waals surface area (Å²) < 4.78 is 0. The zero-order chi connectivity index (χ0) is 8.85. The number of nitrogens with two attached hydrogens (primary N) is 1. The molecule has 1 amide bonds. The van der Waals surface area contributed by atoms with E-state index >= 15 is 0 Å². The molecule has 0 rings (SSSR count). The van der Waals surface area contributed by atoms with Gasteiger partial charge in [0.05, 0.1) is 0 Å². The van der Waals surface area contributed by atoms with E-state index in [2.05, 4.69) is 13.8 Å². The van der Waals surface area contributed by atoms with Gasteiger partial charge >= 0.3 is 0 Å². The van der Waals surface area contributed by atoms with E-state index in [1.807, 2.05) is 6.92 Å². The van der Waals surface area contributed by atoms with E-state index in [0.29, 0.717) is 5.92 Å². The van der Waals surface area contributed by atoms with Gasteiger partial charge in [-0.1, -0.05) is 27.2 Å². The highest BCUT2D eigenvalue weighted by Crippen LogP contribution is 2.14. The SMILES string of the molecule is CC[C@H](CCC(C)C)C(N)=O. The third-order valence-electron chi connectivity index (χ3n) is 1.99. The average molecular weight is 157 g/mol. The molecule has 0 aromatic carbocycles. The van der Waals surface area contributed by atoms with Gasteiger partial charge in [-0.2, -0.15) is 0 Å². The van der Waals surface area contributed by atoms with Crippen LogP contribution in [0.2, 0.25) is 0 Å². The second-order valence-electron chi connectivity index (χ2n) is 3.48. The number of hydrogen-bond acceptors (Lipinski definition) is 1. The Bertz CT molecular complexity index is 121. The molecular formula is C9H19NO. The highest BCUT2D eigenvalue weighted by Gasteiger charge is 2.12. The van der Waals surface area contributed by atoms with Gasteiger partial charge < -0.3 is 5.73 Å². The molecule has 0 aromatic rings. The molecule has 0 bridgehead atoms. The summed E-state index contributed by atoms with van der Waals surface area (Å²) >= 11 is 0. The van der Waals surface area contributed by atoms with Crippen molar-refractivity contribution in [3.63, 3.8) is 0 Å². The zero-order valence-corrected chi connectivity index (χ0v) is 7.76. The van der Waals surface area contributed by atoms with E-state index in [9.17, 15) is 4.79 Å². The van der Waals surface area contributed by atoms with Gasteiger partial charge in [-0.3, -0.25) is 4.79 Å². The summed E-state index contributed by atoms with van der Waals surface area (Å²) in [6.07, 6.45) is 2.92. The van der Waals surface area contributed by atoms with Crippen LogP contribution in [0.15, 0.2) is 0 Å². The standard InChI is InChI=1S/C9H19NO/c1-4-8(9(10)11)6-5-7(2)3/h7-8H,4-6H2,1-3H3,(H2,10,11)/t8-/m1/s1. The van der Waals surface area contributed by atoms with Crippen molar-refractivity contribution >= 4 is 5.91 Å². The van der Waals surface area contributed by atoms with E-state index in [1.54, 1.807) is 0 Å². The minimum Gasteiger partial charge on any atom is -0.369 e. The quantitative estimate of drug-likeness (QED) is 0.651. The Labute approximate surface area is 69.2 Å². The van der Waals surface area contributed by atoms with Crippen molar-refractivity contribution in [1.29, 1.82) is 0 Å². The molecule has 0 unspecified atom stereocenters. The fraction of sp³-hybridized carbons (Fsp3) is 0.889. The zero-order valence-electron chi connectivity index (χ0n) is 7.76.